The number of carbonyl (C=O) groups excluding carboxylic acids is 1. The average Bonchev–Trinajstić information content (AvgIpc) is 3.45. The van der Waals surface area contributed by atoms with Gasteiger partial charge in [-0.05, 0) is 65.4 Å². The van der Waals surface area contributed by atoms with Crippen LogP contribution in [0.25, 0.3) is 28.2 Å². The number of benzene rings is 3. The molecule has 0 saturated carbocycles. The van der Waals surface area contributed by atoms with Gasteiger partial charge in [0.2, 0.25) is 0 Å². The van der Waals surface area contributed by atoms with Crippen LogP contribution in [0.5, 0.6) is 0 Å². The van der Waals surface area contributed by atoms with Crippen LogP contribution >= 0.6 is 11.8 Å². The highest BCUT2D eigenvalue weighted by atomic mass is 32.2. The van der Waals surface area contributed by atoms with E-state index >= 15 is 0 Å². The van der Waals surface area contributed by atoms with Gasteiger partial charge >= 0.3 is 5.97 Å². The largest absolute Gasteiger partial charge is 0.478 e. The number of carboxylic acid groups (broad SMARTS) is 1. The van der Waals surface area contributed by atoms with Gasteiger partial charge in [-0.2, -0.15) is 0 Å². The highest BCUT2D eigenvalue weighted by molar-refractivity contribution is 8.18. The third-order valence-electron chi connectivity index (χ3n) is 5.61. The zero-order valence-electron chi connectivity index (χ0n) is 19.0. The minimum atomic E-state index is -0.976. The number of fused-ring (bicyclic) bond motifs is 1. The Balaban J connectivity index is 1.42. The van der Waals surface area contributed by atoms with Crippen LogP contribution in [0.15, 0.2) is 93.2 Å². The number of furan rings is 1. The molecule has 0 unspecified atom stereocenters. The quantitative estimate of drug-likeness (QED) is 0.305. The molecule has 1 amide bonds. The maximum atomic E-state index is 13.1. The number of thioether (sulfide) groups is 1. The second-order valence-corrected chi connectivity index (χ2v) is 9.09. The monoisotopic (exact) mass is 482 g/mol. The first-order valence-electron chi connectivity index (χ1n) is 11.2. The van der Waals surface area contributed by atoms with Crippen LogP contribution in [-0.4, -0.2) is 33.6 Å². The number of amidine groups is 1. The van der Waals surface area contributed by atoms with Crippen molar-refractivity contribution in [3.05, 3.63) is 95.1 Å². The maximum absolute atomic E-state index is 13.1. The molecule has 7 heteroatoms. The standard InChI is InChI=1S/C28H22N2O4S/c1-2-15-30-26(31)25(35-28(30)29-22-12-11-18-5-3-4-6-21(18)16-22)17-23-13-14-24(34-23)19-7-9-20(10-8-19)27(32)33/h3-14,16-17H,2,15H2,1H3,(H,32,33)/b25-17-,29-28?. The molecule has 3 aromatic carbocycles. The van der Waals surface area contributed by atoms with Crippen molar-refractivity contribution in [3.8, 4) is 11.3 Å². The van der Waals surface area contributed by atoms with Crippen molar-refractivity contribution in [2.24, 2.45) is 4.99 Å². The second-order valence-electron chi connectivity index (χ2n) is 8.08. The summed E-state index contributed by atoms with van der Waals surface area (Å²) < 4.78 is 5.93. The predicted molar refractivity (Wildman–Crippen MR) is 140 cm³/mol. The Kier molecular flexibility index (Phi) is 6.25. The molecular formula is C28H22N2O4S. The zero-order valence-corrected chi connectivity index (χ0v) is 19.8. The Labute approximate surface area is 206 Å². The summed E-state index contributed by atoms with van der Waals surface area (Å²) in [6.45, 7) is 2.61. The normalized spacial score (nSPS) is 16.0. The van der Waals surface area contributed by atoms with E-state index in [1.54, 1.807) is 35.2 Å². The van der Waals surface area contributed by atoms with E-state index in [1.807, 2.05) is 43.3 Å². The van der Waals surface area contributed by atoms with Crippen LogP contribution in [-0.2, 0) is 4.79 Å². The Morgan fingerprint density at radius 2 is 1.80 bits per heavy atom. The molecule has 35 heavy (non-hydrogen) atoms. The number of nitrogens with zero attached hydrogens (tertiary/aromatic N) is 2. The maximum Gasteiger partial charge on any atom is 0.335 e. The van der Waals surface area contributed by atoms with E-state index < -0.39 is 5.97 Å². The van der Waals surface area contributed by atoms with Gasteiger partial charge in [0.05, 0.1) is 16.2 Å². The summed E-state index contributed by atoms with van der Waals surface area (Å²) in [4.78, 5) is 31.3. The smallest absolute Gasteiger partial charge is 0.335 e. The van der Waals surface area contributed by atoms with Crippen molar-refractivity contribution >= 4 is 51.3 Å². The molecule has 1 N–H and O–H groups in total. The van der Waals surface area contributed by atoms with Crippen LogP contribution in [0.1, 0.15) is 29.5 Å². The Bertz CT molecular complexity index is 1480. The molecule has 6 nitrogen and oxygen atoms in total. The van der Waals surface area contributed by atoms with E-state index in [0.29, 0.717) is 28.1 Å². The first-order valence-corrected chi connectivity index (χ1v) is 12.1. The summed E-state index contributed by atoms with van der Waals surface area (Å²) in [6, 6.07) is 24.2. The number of carbonyl (C=O) groups is 2. The fourth-order valence-corrected chi connectivity index (χ4v) is 4.87. The first-order chi connectivity index (χ1) is 17.0. The van der Waals surface area contributed by atoms with Gasteiger partial charge in [-0.3, -0.25) is 9.69 Å². The summed E-state index contributed by atoms with van der Waals surface area (Å²) >= 11 is 1.33. The Morgan fingerprint density at radius 1 is 1.03 bits per heavy atom. The van der Waals surface area contributed by atoms with Gasteiger partial charge in [0.25, 0.3) is 5.91 Å². The minimum Gasteiger partial charge on any atom is -0.478 e. The van der Waals surface area contributed by atoms with Crippen molar-refractivity contribution in [2.75, 3.05) is 6.54 Å². The third-order valence-corrected chi connectivity index (χ3v) is 6.62. The van der Waals surface area contributed by atoms with E-state index in [-0.39, 0.29) is 11.5 Å². The molecule has 4 aromatic rings. The molecule has 1 saturated heterocycles. The van der Waals surface area contributed by atoms with Crippen molar-refractivity contribution in [1.29, 1.82) is 0 Å². The van der Waals surface area contributed by atoms with Gasteiger partial charge in [0, 0.05) is 18.2 Å². The van der Waals surface area contributed by atoms with E-state index in [0.717, 1.165) is 28.4 Å². The van der Waals surface area contributed by atoms with Crippen LogP contribution < -0.4 is 0 Å². The second kappa shape index (κ2) is 9.64. The van der Waals surface area contributed by atoms with Crippen LogP contribution in [0.3, 0.4) is 0 Å². The lowest BCUT2D eigenvalue weighted by molar-refractivity contribution is -0.122. The van der Waals surface area contributed by atoms with Crippen molar-refractivity contribution in [2.45, 2.75) is 13.3 Å². The Hall–Kier alpha value is -4.10. The predicted octanol–water partition coefficient (Wildman–Crippen LogP) is 6.81. The van der Waals surface area contributed by atoms with E-state index in [2.05, 4.69) is 6.07 Å². The fraction of sp³-hybridized carbons (Fsp3) is 0.107. The van der Waals surface area contributed by atoms with Gasteiger partial charge in [-0.1, -0.05) is 49.4 Å². The molecule has 1 aliphatic rings. The highest BCUT2D eigenvalue weighted by Crippen LogP contribution is 2.35. The van der Waals surface area contributed by atoms with Crippen LogP contribution in [0, 0.1) is 0 Å². The highest BCUT2D eigenvalue weighted by Gasteiger charge is 2.33. The van der Waals surface area contributed by atoms with Gasteiger partial charge < -0.3 is 9.52 Å². The molecule has 0 bridgehead atoms. The molecule has 1 aliphatic heterocycles. The zero-order chi connectivity index (χ0) is 24.4. The van der Waals surface area contributed by atoms with E-state index in [9.17, 15) is 9.59 Å². The first kappa shape index (κ1) is 22.7. The SMILES string of the molecule is CCCN1C(=O)/C(=C/c2ccc(-c3ccc(C(=O)O)cc3)o2)SC1=Nc1ccc2ccccc2c1. The van der Waals surface area contributed by atoms with Crippen molar-refractivity contribution in [1.82, 2.24) is 4.90 Å². The lowest BCUT2D eigenvalue weighted by atomic mass is 10.1. The van der Waals surface area contributed by atoms with Gasteiger partial charge in [-0.15, -0.1) is 0 Å². The van der Waals surface area contributed by atoms with Gasteiger partial charge in [0.15, 0.2) is 5.17 Å². The Morgan fingerprint density at radius 3 is 2.54 bits per heavy atom. The summed E-state index contributed by atoms with van der Waals surface area (Å²) in [5.74, 6) is 0.0670. The van der Waals surface area contributed by atoms with Crippen LogP contribution in [0.4, 0.5) is 5.69 Å². The number of aliphatic imine (C=N–C) groups is 1. The minimum absolute atomic E-state index is 0.0971. The topological polar surface area (TPSA) is 83.1 Å². The fourth-order valence-electron chi connectivity index (χ4n) is 3.86. The summed E-state index contributed by atoms with van der Waals surface area (Å²) in [5, 5.41) is 12.0. The molecule has 0 radical (unpaired) electrons. The average molecular weight is 483 g/mol. The van der Waals surface area contributed by atoms with Crippen molar-refractivity contribution in [3.63, 3.8) is 0 Å². The van der Waals surface area contributed by atoms with Crippen molar-refractivity contribution < 1.29 is 19.1 Å². The lowest BCUT2D eigenvalue weighted by Crippen LogP contribution is -2.29. The number of amides is 1. The van der Waals surface area contributed by atoms with E-state index in [4.69, 9.17) is 14.5 Å². The number of carboxylic acids is 1. The molecular weight excluding hydrogens is 460 g/mol. The molecule has 5 rings (SSSR count). The summed E-state index contributed by atoms with van der Waals surface area (Å²) in [5.41, 5.74) is 1.77. The molecule has 1 fully saturated rings. The molecule has 1 aromatic heterocycles. The molecule has 174 valence electrons. The molecule has 2 heterocycles. The number of hydrogen-bond donors (Lipinski definition) is 1. The molecule has 0 aliphatic carbocycles. The lowest BCUT2D eigenvalue weighted by Gasteiger charge is -2.14. The summed E-state index contributed by atoms with van der Waals surface area (Å²) in [6.07, 6.45) is 2.54. The number of rotatable bonds is 6. The van der Waals surface area contributed by atoms with Gasteiger partial charge in [-0.25, -0.2) is 9.79 Å². The van der Waals surface area contributed by atoms with Gasteiger partial charge in [0.1, 0.15) is 11.5 Å². The number of hydrogen-bond acceptors (Lipinski definition) is 5. The van der Waals surface area contributed by atoms with E-state index in [1.165, 1.54) is 23.9 Å². The van der Waals surface area contributed by atoms with Crippen LogP contribution in [0.2, 0.25) is 0 Å². The third kappa shape index (κ3) is 4.76. The summed E-state index contributed by atoms with van der Waals surface area (Å²) in [7, 11) is 0. The molecule has 0 spiro atoms. The molecule has 0 atom stereocenters. The number of aromatic carboxylic acids is 1.